The monoisotopic (exact) mass is 179 g/mol. The molecule has 0 spiro atoms. The third kappa shape index (κ3) is 1.14. The summed E-state index contributed by atoms with van der Waals surface area (Å²) in [5, 5.41) is 11.8. The van der Waals surface area contributed by atoms with Gasteiger partial charge in [-0.1, -0.05) is 0 Å². The Balaban J connectivity index is 1.85. The molecule has 1 unspecified atom stereocenters. The van der Waals surface area contributed by atoms with Gasteiger partial charge in [-0.05, 0) is 30.4 Å². The fourth-order valence-electron chi connectivity index (χ4n) is 2.49. The highest BCUT2D eigenvalue weighted by Crippen LogP contribution is 2.36. The van der Waals surface area contributed by atoms with Gasteiger partial charge in [-0.2, -0.15) is 0 Å². The molecule has 0 radical (unpaired) electrons. The van der Waals surface area contributed by atoms with Crippen LogP contribution in [0.3, 0.4) is 0 Å². The molecule has 1 aromatic rings. The summed E-state index contributed by atoms with van der Waals surface area (Å²) in [7, 11) is 0. The van der Waals surface area contributed by atoms with Crippen LogP contribution in [0.2, 0.25) is 0 Å². The Morgan fingerprint density at radius 1 is 1.23 bits per heavy atom. The third-order valence-corrected chi connectivity index (χ3v) is 3.25. The molecule has 0 aromatic carbocycles. The van der Waals surface area contributed by atoms with Crippen LogP contribution >= 0.6 is 0 Å². The SMILES string of the molecule is c1nnn(C2CC3CCN2CC3)n1. The van der Waals surface area contributed by atoms with Gasteiger partial charge in [0.25, 0.3) is 0 Å². The van der Waals surface area contributed by atoms with Crippen LogP contribution in [0.1, 0.15) is 25.4 Å². The number of rotatable bonds is 1. The van der Waals surface area contributed by atoms with Gasteiger partial charge in [-0.3, -0.25) is 4.90 Å². The minimum absolute atomic E-state index is 0.384. The van der Waals surface area contributed by atoms with E-state index in [1.165, 1.54) is 38.7 Å². The van der Waals surface area contributed by atoms with Crippen molar-refractivity contribution in [3.63, 3.8) is 0 Å². The van der Waals surface area contributed by atoms with Crippen molar-refractivity contribution in [1.29, 1.82) is 0 Å². The molecule has 4 rings (SSSR count). The van der Waals surface area contributed by atoms with Crippen LogP contribution in [0, 0.1) is 5.92 Å². The van der Waals surface area contributed by atoms with E-state index >= 15 is 0 Å². The van der Waals surface area contributed by atoms with Gasteiger partial charge in [0.05, 0.1) is 0 Å². The first-order valence-electron chi connectivity index (χ1n) is 4.90. The average molecular weight is 179 g/mol. The van der Waals surface area contributed by atoms with Gasteiger partial charge in [0, 0.05) is 13.1 Å². The number of nitrogens with zero attached hydrogens (tertiary/aromatic N) is 5. The van der Waals surface area contributed by atoms with Crippen LogP contribution < -0.4 is 0 Å². The van der Waals surface area contributed by atoms with E-state index in [0.29, 0.717) is 6.17 Å². The zero-order chi connectivity index (χ0) is 8.67. The summed E-state index contributed by atoms with van der Waals surface area (Å²) < 4.78 is 0. The molecular weight excluding hydrogens is 166 g/mol. The molecule has 5 heteroatoms. The van der Waals surface area contributed by atoms with Crippen LogP contribution in [0.5, 0.6) is 0 Å². The molecule has 2 bridgehead atoms. The van der Waals surface area contributed by atoms with E-state index < -0.39 is 0 Å². The summed E-state index contributed by atoms with van der Waals surface area (Å²) in [6.45, 7) is 2.41. The topological polar surface area (TPSA) is 46.8 Å². The van der Waals surface area contributed by atoms with Crippen molar-refractivity contribution in [2.24, 2.45) is 5.92 Å². The number of tetrazole rings is 1. The molecule has 13 heavy (non-hydrogen) atoms. The highest BCUT2D eigenvalue weighted by atomic mass is 15.6. The Hall–Kier alpha value is -0.970. The average Bonchev–Trinajstić information content (AvgIpc) is 2.72. The van der Waals surface area contributed by atoms with E-state index in [-0.39, 0.29) is 0 Å². The standard InChI is InChI=1S/C8H13N5/c1-3-12-4-2-7(1)5-8(12)13-10-6-9-11-13/h6-8H,1-5H2. The lowest BCUT2D eigenvalue weighted by atomic mass is 9.86. The Labute approximate surface area is 76.7 Å². The summed E-state index contributed by atoms with van der Waals surface area (Å²) in [4.78, 5) is 4.22. The molecule has 1 atom stereocenters. The molecule has 3 aliphatic rings. The van der Waals surface area contributed by atoms with E-state index in [0.717, 1.165) is 5.92 Å². The zero-order valence-electron chi connectivity index (χ0n) is 7.50. The molecule has 3 aliphatic heterocycles. The smallest absolute Gasteiger partial charge is 0.162 e. The Morgan fingerprint density at radius 3 is 2.62 bits per heavy atom. The molecule has 1 aromatic heterocycles. The number of aromatic nitrogens is 4. The summed E-state index contributed by atoms with van der Waals surface area (Å²) in [5.74, 6) is 0.890. The van der Waals surface area contributed by atoms with Crippen LogP contribution in [-0.2, 0) is 0 Å². The van der Waals surface area contributed by atoms with Crippen molar-refractivity contribution in [2.75, 3.05) is 13.1 Å². The molecule has 0 saturated carbocycles. The van der Waals surface area contributed by atoms with Gasteiger partial charge in [-0.25, -0.2) is 0 Å². The van der Waals surface area contributed by atoms with Gasteiger partial charge in [-0.15, -0.1) is 15.0 Å². The van der Waals surface area contributed by atoms with Gasteiger partial charge in [0.15, 0.2) is 6.33 Å². The molecular formula is C8H13N5. The van der Waals surface area contributed by atoms with Gasteiger partial charge in [0.2, 0.25) is 0 Å². The fourth-order valence-corrected chi connectivity index (χ4v) is 2.49. The van der Waals surface area contributed by atoms with E-state index in [2.05, 4.69) is 20.3 Å². The maximum absolute atomic E-state index is 4.11. The first-order chi connectivity index (χ1) is 6.43. The predicted octanol–water partition coefficient (Wildman–Crippen LogP) is 0.287. The summed E-state index contributed by atoms with van der Waals surface area (Å²) in [6.07, 6.45) is 5.81. The second kappa shape index (κ2) is 2.77. The molecule has 3 saturated heterocycles. The van der Waals surface area contributed by atoms with Crippen molar-refractivity contribution >= 4 is 0 Å². The molecule has 70 valence electrons. The summed E-state index contributed by atoms with van der Waals surface area (Å²) >= 11 is 0. The fraction of sp³-hybridized carbons (Fsp3) is 0.875. The molecule has 0 N–H and O–H groups in total. The Kier molecular flexibility index (Phi) is 1.58. The van der Waals surface area contributed by atoms with E-state index in [1.807, 2.05) is 0 Å². The lowest BCUT2D eigenvalue weighted by Gasteiger charge is -2.44. The van der Waals surface area contributed by atoms with Crippen LogP contribution in [0.25, 0.3) is 0 Å². The maximum atomic E-state index is 4.11. The minimum atomic E-state index is 0.384. The molecule has 5 nitrogen and oxygen atoms in total. The lowest BCUT2D eigenvalue weighted by molar-refractivity contribution is -0.00574. The number of piperidine rings is 3. The highest BCUT2D eigenvalue weighted by molar-refractivity contribution is 4.83. The van der Waals surface area contributed by atoms with Gasteiger partial charge < -0.3 is 0 Å². The first kappa shape index (κ1) is 7.44. The molecule has 3 fully saturated rings. The number of hydrogen-bond acceptors (Lipinski definition) is 4. The summed E-state index contributed by atoms with van der Waals surface area (Å²) in [5.41, 5.74) is 0. The highest BCUT2D eigenvalue weighted by Gasteiger charge is 2.35. The second-order valence-corrected chi connectivity index (χ2v) is 3.95. The van der Waals surface area contributed by atoms with Gasteiger partial charge >= 0.3 is 0 Å². The van der Waals surface area contributed by atoms with Crippen LogP contribution in [0.15, 0.2) is 6.33 Å². The third-order valence-electron chi connectivity index (χ3n) is 3.25. The second-order valence-electron chi connectivity index (χ2n) is 3.95. The van der Waals surface area contributed by atoms with E-state index in [1.54, 1.807) is 4.80 Å². The summed E-state index contributed by atoms with van der Waals surface area (Å²) in [6, 6.07) is 0. The van der Waals surface area contributed by atoms with Crippen molar-refractivity contribution in [3.8, 4) is 0 Å². The van der Waals surface area contributed by atoms with Crippen molar-refractivity contribution in [2.45, 2.75) is 25.4 Å². The quantitative estimate of drug-likeness (QED) is 0.621. The van der Waals surface area contributed by atoms with Crippen molar-refractivity contribution in [3.05, 3.63) is 6.33 Å². The largest absolute Gasteiger partial charge is 0.280 e. The lowest BCUT2D eigenvalue weighted by Crippen LogP contribution is -2.46. The van der Waals surface area contributed by atoms with Crippen molar-refractivity contribution < 1.29 is 0 Å². The number of fused-ring (bicyclic) bond motifs is 3. The predicted molar refractivity (Wildman–Crippen MR) is 45.8 cm³/mol. The maximum Gasteiger partial charge on any atom is 0.162 e. The van der Waals surface area contributed by atoms with E-state index in [9.17, 15) is 0 Å². The Morgan fingerprint density at radius 2 is 2.08 bits per heavy atom. The molecule has 4 heterocycles. The van der Waals surface area contributed by atoms with Crippen LogP contribution in [-0.4, -0.2) is 38.2 Å². The van der Waals surface area contributed by atoms with E-state index in [4.69, 9.17) is 0 Å². The Bertz CT molecular complexity index is 275. The molecule has 0 amide bonds. The van der Waals surface area contributed by atoms with Gasteiger partial charge in [0.1, 0.15) is 6.17 Å². The van der Waals surface area contributed by atoms with Crippen molar-refractivity contribution in [1.82, 2.24) is 25.1 Å². The van der Waals surface area contributed by atoms with Crippen LogP contribution in [0.4, 0.5) is 0 Å². The minimum Gasteiger partial charge on any atom is -0.280 e. The number of hydrogen-bond donors (Lipinski definition) is 0. The first-order valence-corrected chi connectivity index (χ1v) is 4.90. The normalized spacial score (nSPS) is 38.0. The molecule has 0 aliphatic carbocycles. The zero-order valence-corrected chi connectivity index (χ0v) is 7.50.